The Morgan fingerprint density at radius 3 is 2.75 bits per heavy atom. The van der Waals surface area contributed by atoms with Crippen molar-refractivity contribution in [3.8, 4) is 0 Å². The van der Waals surface area contributed by atoms with Gasteiger partial charge in [-0.05, 0) is 25.5 Å². The minimum atomic E-state index is -1.16. The van der Waals surface area contributed by atoms with Gasteiger partial charge in [-0.15, -0.1) is 0 Å². The molecule has 5 heteroatoms. The van der Waals surface area contributed by atoms with Crippen LogP contribution < -0.4 is 11.1 Å². The van der Waals surface area contributed by atoms with Gasteiger partial charge in [0.05, 0.1) is 11.3 Å². The third-order valence-electron chi connectivity index (χ3n) is 2.38. The number of anilines is 2. The maximum atomic E-state index is 13.5. The monoisotopic (exact) mass is 226 g/mol. The number of carbonyl (C=O) groups is 1. The molecule has 1 atom stereocenters. The number of hydrogen-bond donors (Lipinski definition) is 3. The Labute approximate surface area is 93.3 Å². The highest BCUT2D eigenvalue weighted by Gasteiger charge is 2.13. The second-order valence-corrected chi connectivity index (χ2v) is 3.68. The smallest absolute Gasteiger partial charge is 0.337 e. The molecular weight excluding hydrogens is 211 g/mol. The van der Waals surface area contributed by atoms with Gasteiger partial charge >= 0.3 is 5.97 Å². The van der Waals surface area contributed by atoms with Gasteiger partial charge in [-0.2, -0.15) is 0 Å². The first-order valence-electron chi connectivity index (χ1n) is 5.04. The fourth-order valence-corrected chi connectivity index (χ4v) is 1.25. The molecule has 0 spiro atoms. The zero-order valence-corrected chi connectivity index (χ0v) is 9.25. The molecule has 1 aromatic rings. The number of carboxylic acid groups (broad SMARTS) is 1. The van der Waals surface area contributed by atoms with Gasteiger partial charge in [0.1, 0.15) is 5.82 Å². The molecule has 4 N–H and O–H groups in total. The van der Waals surface area contributed by atoms with Crippen molar-refractivity contribution >= 4 is 17.3 Å². The molecule has 88 valence electrons. The van der Waals surface area contributed by atoms with Crippen molar-refractivity contribution in [2.24, 2.45) is 0 Å². The Morgan fingerprint density at radius 2 is 2.25 bits per heavy atom. The average Bonchev–Trinajstić information content (AvgIpc) is 2.21. The van der Waals surface area contributed by atoms with Crippen molar-refractivity contribution in [3.63, 3.8) is 0 Å². The summed E-state index contributed by atoms with van der Waals surface area (Å²) >= 11 is 0. The highest BCUT2D eigenvalue weighted by Crippen LogP contribution is 2.23. The van der Waals surface area contributed by atoms with E-state index >= 15 is 0 Å². The van der Waals surface area contributed by atoms with Crippen LogP contribution in [0.25, 0.3) is 0 Å². The lowest BCUT2D eigenvalue weighted by Crippen LogP contribution is -2.15. The predicted molar refractivity (Wildman–Crippen MR) is 61.1 cm³/mol. The molecule has 0 aromatic heterocycles. The molecule has 1 rings (SSSR count). The number of nitrogen functional groups attached to an aromatic ring is 1. The molecule has 0 saturated heterocycles. The van der Waals surface area contributed by atoms with Crippen LogP contribution in [0.4, 0.5) is 15.8 Å². The number of nitrogens with one attached hydrogen (secondary N) is 1. The van der Waals surface area contributed by atoms with Crippen molar-refractivity contribution in [2.45, 2.75) is 26.3 Å². The van der Waals surface area contributed by atoms with Crippen molar-refractivity contribution in [2.75, 3.05) is 11.1 Å². The number of nitrogens with two attached hydrogens (primary N) is 1. The first kappa shape index (κ1) is 12.3. The zero-order valence-electron chi connectivity index (χ0n) is 9.25. The van der Waals surface area contributed by atoms with Crippen LogP contribution in [-0.2, 0) is 0 Å². The van der Waals surface area contributed by atoms with Crippen LogP contribution in [0.15, 0.2) is 12.1 Å². The number of hydrogen-bond acceptors (Lipinski definition) is 3. The van der Waals surface area contributed by atoms with E-state index in [9.17, 15) is 9.18 Å². The summed E-state index contributed by atoms with van der Waals surface area (Å²) in [6, 6.07) is 2.31. The predicted octanol–water partition coefficient (Wildman–Crippen LogP) is 2.32. The van der Waals surface area contributed by atoms with Crippen molar-refractivity contribution in [1.29, 1.82) is 0 Å². The lowest BCUT2D eigenvalue weighted by atomic mass is 10.1. The molecule has 0 fully saturated rings. The second-order valence-electron chi connectivity index (χ2n) is 3.68. The molecule has 0 bridgehead atoms. The van der Waals surface area contributed by atoms with Gasteiger partial charge in [-0.3, -0.25) is 0 Å². The van der Waals surface area contributed by atoms with Gasteiger partial charge in [-0.25, -0.2) is 9.18 Å². The summed E-state index contributed by atoms with van der Waals surface area (Å²) in [7, 11) is 0. The van der Waals surface area contributed by atoms with E-state index in [0.29, 0.717) is 0 Å². The molecule has 16 heavy (non-hydrogen) atoms. The average molecular weight is 226 g/mol. The summed E-state index contributed by atoms with van der Waals surface area (Å²) < 4.78 is 13.5. The van der Waals surface area contributed by atoms with E-state index in [1.807, 2.05) is 13.8 Å². The van der Waals surface area contributed by atoms with Crippen LogP contribution >= 0.6 is 0 Å². The molecule has 0 aliphatic carbocycles. The minimum absolute atomic E-state index is 0.0692. The quantitative estimate of drug-likeness (QED) is 0.689. The van der Waals surface area contributed by atoms with Gasteiger partial charge in [0.2, 0.25) is 0 Å². The largest absolute Gasteiger partial charge is 0.478 e. The molecule has 1 unspecified atom stereocenters. The molecular formula is C11H15FN2O2. The van der Waals surface area contributed by atoms with E-state index in [1.54, 1.807) is 0 Å². The third-order valence-corrected chi connectivity index (χ3v) is 2.38. The summed E-state index contributed by atoms with van der Waals surface area (Å²) in [5.41, 5.74) is 5.41. The fourth-order valence-electron chi connectivity index (χ4n) is 1.25. The van der Waals surface area contributed by atoms with Gasteiger partial charge in [0, 0.05) is 11.7 Å². The zero-order chi connectivity index (χ0) is 12.3. The number of halogens is 1. The van der Waals surface area contributed by atoms with E-state index in [-0.39, 0.29) is 23.0 Å². The molecule has 0 radical (unpaired) electrons. The molecule has 0 aliphatic heterocycles. The summed E-state index contributed by atoms with van der Waals surface area (Å²) in [5, 5.41) is 11.7. The molecule has 0 heterocycles. The lowest BCUT2D eigenvalue weighted by Gasteiger charge is -2.15. The Bertz CT molecular complexity index is 407. The van der Waals surface area contributed by atoms with E-state index in [0.717, 1.165) is 12.5 Å². The Kier molecular flexibility index (Phi) is 3.71. The molecule has 1 aromatic carbocycles. The first-order chi connectivity index (χ1) is 7.45. The van der Waals surface area contributed by atoms with E-state index in [1.165, 1.54) is 6.07 Å². The van der Waals surface area contributed by atoms with Gasteiger partial charge in [0.15, 0.2) is 0 Å². The van der Waals surface area contributed by atoms with E-state index in [4.69, 9.17) is 10.8 Å². The number of carboxylic acids is 1. The van der Waals surface area contributed by atoms with Gasteiger partial charge in [0.25, 0.3) is 0 Å². The van der Waals surface area contributed by atoms with Crippen LogP contribution in [0, 0.1) is 5.82 Å². The van der Waals surface area contributed by atoms with Crippen molar-refractivity contribution in [3.05, 3.63) is 23.5 Å². The molecule has 4 nitrogen and oxygen atoms in total. The highest BCUT2D eigenvalue weighted by molar-refractivity contribution is 5.94. The second kappa shape index (κ2) is 4.83. The number of rotatable bonds is 4. The number of aromatic carboxylic acids is 1. The Hall–Kier alpha value is -1.78. The van der Waals surface area contributed by atoms with E-state index in [2.05, 4.69) is 5.32 Å². The fraction of sp³-hybridized carbons (Fsp3) is 0.364. The minimum Gasteiger partial charge on any atom is -0.478 e. The normalized spacial score (nSPS) is 12.2. The summed E-state index contributed by atoms with van der Waals surface area (Å²) in [6.45, 7) is 3.83. The van der Waals surface area contributed by atoms with Gasteiger partial charge < -0.3 is 16.2 Å². The third kappa shape index (κ3) is 2.62. The Balaban J connectivity index is 3.09. The summed E-state index contributed by atoms with van der Waals surface area (Å²) in [5.74, 6) is -1.70. The van der Waals surface area contributed by atoms with Crippen LogP contribution in [0.3, 0.4) is 0 Å². The maximum Gasteiger partial charge on any atom is 0.337 e. The Morgan fingerprint density at radius 1 is 1.62 bits per heavy atom. The maximum absolute atomic E-state index is 13.5. The van der Waals surface area contributed by atoms with Crippen LogP contribution in [-0.4, -0.2) is 17.1 Å². The van der Waals surface area contributed by atoms with Crippen molar-refractivity contribution in [1.82, 2.24) is 0 Å². The highest BCUT2D eigenvalue weighted by atomic mass is 19.1. The standard InChI is InChI=1S/C11H15FN2O2/c1-3-6(2)14-10-4-7(11(15)16)9(13)5-8(10)12/h4-6,14H,3,13H2,1-2H3,(H,15,16). The molecule has 0 saturated carbocycles. The van der Waals surface area contributed by atoms with Crippen molar-refractivity contribution < 1.29 is 14.3 Å². The summed E-state index contributed by atoms with van der Waals surface area (Å²) in [4.78, 5) is 10.8. The summed E-state index contributed by atoms with van der Waals surface area (Å²) in [6.07, 6.45) is 0.812. The first-order valence-corrected chi connectivity index (χ1v) is 5.04. The SMILES string of the molecule is CCC(C)Nc1cc(C(=O)O)c(N)cc1F. The number of benzene rings is 1. The van der Waals surface area contributed by atoms with E-state index < -0.39 is 11.8 Å². The molecule has 0 amide bonds. The van der Waals surface area contributed by atoms with Gasteiger partial charge in [-0.1, -0.05) is 6.92 Å². The van der Waals surface area contributed by atoms with Crippen LogP contribution in [0.5, 0.6) is 0 Å². The van der Waals surface area contributed by atoms with Crippen LogP contribution in [0.1, 0.15) is 30.6 Å². The lowest BCUT2D eigenvalue weighted by molar-refractivity contribution is 0.0698. The topological polar surface area (TPSA) is 75.3 Å². The van der Waals surface area contributed by atoms with Crippen LogP contribution in [0.2, 0.25) is 0 Å². The molecule has 0 aliphatic rings.